The van der Waals surface area contributed by atoms with Crippen molar-refractivity contribution >= 4 is 5.69 Å². The monoisotopic (exact) mass is 368 g/mol. The van der Waals surface area contributed by atoms with E-state index < -0.39 is 0 Å². The molecule has 140 valence electrons. The summed E-state index contributed by atoms with van der Waals surface area (Å²) in [5.74, 6) is 1.81. The molecule has 3 aromatic rings. The second kappa shape index (κ2) is 8.70. The fourth-order valence-electron chi connectivity index (χ4n) is 2.36. The summed E-state index contributed by atoms with van der Waals surface area (Å²) >= 11 is 0. The van der Waals surface area contributed by atoms with Gasteiger partial charge in [-0.25, -0.2) is 4.98 Å². The van der Waals surface area contributed by atoms with Crippen molar-refractivity contribution < 1.29 is 18.9 Å². The molecule has 0 saturated carbocycles. The molecule has 0 amide bonds. The minimum Gasteiger partial charge on any atom is -0.495 e. The average Bonchev–Trinajstić information content (AvgIpc) is 2.73. The fourth-order valence-corrected chi connectivity index (χ4v) is 2.36. The Morgan fingerprint density at radius 3 is 2.33 bits per heavy atom. The summed E-state index contributed by atoms with van der Waals surface area (Å²) in [5, 5.41) is 3.32. The van der Waals surface area contributed by atoms with Crippen LogP contribution in [0.4, 0.5) is 5.69 Å². The molecule has 8 nitrogen and oxygen atoms in total. The number of pyridine rings is 1. The second-order valence-corrected chi connectivity index (χ2v) is 5.36. The summed E-state index contributed by atoms with van der Waals surface area (Å²) in [5.41, 5.74) is 1.70. The van der Waals surface area contributed by atoms with Crippen molar-refractivity contribution in [2.24, 2.45) is 0 Å². The van der Waals surface area contributed by atoms with Crippen LogP contribution in [0.3, 0.4) is 0 Å². The number of methoxy groups -OCH3 is 3. The highest BCUT2D eigenvalue weighted by molar-refractivity contribution is 5.56. The standard InChI is InChI=1S/C19H20N4O4/c1-24-15-9-5-4-8-14(15)21-12-13-7-6-10-20-18(13)27-19-22-16(25-2)11-17(23-19)26-3/h4-11,21H,12H2,1-3H3. The highest BCUT2D eigenvalue weighted by Gasteiger charge is 2.12. The first-order valence-electron chi connectivity index (χ1n) is 8.19. The minimum absolute atomic E-state index is 0.0865. The van der Waals surface area contributed by atoms with Gasteiger partial charge < -0.3 is 24.3 Å². The Morgan fingerprint density at radius 2 is 1.63 bits per heavy atom. The molecule has 0 spiro atoms. The lowest BCUT2D eigenvalue weighted by atomic mass is 10.2. The molecule has 0 radical (unpaired) electrons. The molecule has 0 unspecified atom stereocenters. The Bertz CT molecular complexity index is 882. The van der Waals surface area contributed by atoms with Crippen LogP contribution in [0, 0.1) is 0 Å². The number of nitrogens with one attached hydrogen (secondary N) is 1. The zero-order chi connectivity index (χ0) is 19.1. The van der Waals surface area contributed by atoms with Crippen LogP contribution in [0.25, 0.3) is 0 Å². The highest BCUT2D eigenvalue weighted by Crippen LogP contribution is 2.27. The summed E-state index contributed by atoms with van der Waals surface area (Å²) in [7, 11) is 4.65. The number of para-hydroxylation sites is 2. The van der Waals surface area contributed by atoms with Crippen LogP contribution in [-0.4, -0.2) is 36.3 Å². The Hall–Kier alpha value is -3.55. The molecule has 2 aromatic heterocycles. The largest absolute Gasteiger partial charge is 0.495 e. The van der Waals surface area contributed by atoms with Crippen molar-refractivity contribution in [2.75, 3.05) is 26.6 Å². The van der Waals surface area contributed by atoms with Gasteiger partial charge in [0.25, 0.3) is 0 Å². The van der Waals surface area contributed by atoms with Gasteiger partial charge >= 0.3 is 6.01 Å². The van der Waals surface area contributed by atoms with E-state index >= 15 is 0 Å². The third-order valence-electron chi connectivity index (χ3n) is 3.69. The molecule has 0 aliphatic rings. The maximum Gasteiger partial charge on any atom is 0.330 e. The van der Waals surface area contributed by atoms with Crippen molar-refractivity contribution in [2.45, 2.75) is 6.54 Å². The molecule has 0 saturated heterocycles. The fraction of sp³-hybridized carbons (Fsp3) is 0.211. The SMILES string of the molecule is COc1cc(OC)nc(Oc2ncccc2CNc2ccccc2OC)n1. The van der Waals surface area contributed by atoms with Gasteiger partial charge in [0.15, 0.2) is 0 Å². The molecule has 27 heavy (non-hydrogen) atoms. The number of anilines is 1. The lowest BCUT2D eigenvalue weighted by Gasteiger charge is -2.13. The van der Waals surface area contributed by atoms with Gasteiger partial charge in [-0.2, -0.15) is 9.97 Å². The second-order valence-electron chi connectivity index (χ2n) is 5.36. The number of aromatic nitrogens is 3. The molecule has 0 atom stereocenters. The molecule has 1 aromatic carbocycles. The van der Waals surface area contributed by atoms with E-state index in [2.05, 4.69) is 20.3 Å². The first-order chi connectivity index (χ1) is 13.2. The Morgan fingerprint density at radius 1 is 0.889 bits per heavy atom. The molecule has 3 rings (SSSR count). The summed E-state index contributed by atoms with van der Waals surface area (Å²) < 4.78 is 21.4. The topological polar surface area (TPSA) is 87.6 Å². The lowest BCUT2D eigenvalue weighted by molar-refractivity contribution is 0.344. The molecule has 0 aliphatic carbocycles. The van der Waals surface area contributed by atoms with E-state index in [1.807, 2.05) is 36.4 Å². The van der Waals surface area contributed by atoms with E-state index in [0.717, 1.165) is 17.0 Å². The third kappa shape index (κ3) is 4.55. The molecule has 0 aliphatic heterocycles. The van der Waals surface area contributed by atoms with Crippen LogP contribution < -0.4 is 24.3 Å². The molecule has 0 fully saturated rings. The van der Waals surface area contributed by atoms with Gasteiger partial charge in [0.1, 0.15) is 5.75 Å². The number of ether oxygens (including phenoxy) is 4. The quantitative estimate of drug-likeness (QED) is 0.648. The predicted molar refractivity (Wildman–Crippen MR) is 99.8 cm³/mol. The number of rotatable bonds is 8. The third-order valence-corrected chi connectivity index (χ3v) is 3.69. The summed E-state index contributed by atoms with van der Waals surface area (Å²) in [6, 6.07) is 13.1. The minimum atomic E-state index is 0.0865. The highest BCUT2D eigenvalue weighted by atomic mass is 16.5. The summed E-state index contributed by atoms with van der Waals surface area (Å²) in [6.45, 7) is 0.477. The molecule has 0 bridgehead atoms. The van der Waals surface area contributed by atoms with E-state index in [0.29, 0.717) is 24.2 Å². The van der Waals surface area contributed by atoms with Gasteiger partial charge in [0.2, 0.25) is 17.6 Å². The van der Waals surface area contributed by atoms with Crippen molar-refractivity contribution in [1.29, 1.82) is 0 Å². The molecular weight excluding hydrogens is 348 g/mol. The van der Waals surface area contributed by atoms with Gasteiger partial charge in [-0.1, -0.05) is 18.2 Å². The van der Waals surface area contributed by atoms with Gasteiger partial charge in [-0.05, 0) is 18.2 Å². The Kier molecular flexibility index (Phi) is 5.88. The van der Waals surface area contributed by atoms with Crippen molar-refractivity contribution in [3.8, 4) is 29.4 Å². The number of nitrogens with zero attached hydrogens (tertiary/aromatic N) is 3. The molecule has 2 heterocycles. The Balaban J connectivity index is 1.80. The van der Waals surface area contributed by atoms with Crippen molar-refractivity contribution in [3.63, 3.8) is 0 Å². The van der Waals surface area contributed by atoms with Crippen LogP contribution in [0.5, 0.6) is 29.4 Å². The normalized spacial score (nSPS) is 10.2. The zero-order valence-electron chi connectivity index (χ0n) is 15.3. The van der Waals surface area contributed by atoms with E-state index in [1.54, 1.807) is 19.4 Å². The van der Waals surface area contributed by atoms with Crippen LogP contribution >= 0.6 is 0 Å². The van der Waals surface area contributed by atoms with Crippen LogP contribution in [0.2, 0.25) is 0 Å². The lowest BCUT2D eigenvalue weighted by Crippen LogP contribution is -2.05. The number of benzene rings is 1. The maximum atomic E-state index is 5.77. The Labute approximate surface area is 157 Å². The van der Waals surface area contributed by atoms with E-state index in [1.165, 1.54) is 14.2 Å². The average molecular weight is 368 g/mol. The first-order valence-corrected chi connectivity index (χ1v) is 8.19. The van der Waals surface area contributed by atoms with Crippen LogP contribution in [0.15, 0.2) is 48.7 Å². The van der Waals surface area contributed by atoms with Gasteiger partial charge in [-0.3, -0.25) is 0 Å². The van der Waals surface area contributed by atoms with Gasteiger partial charge in [0.05, 0.1) is 33.1 Å². The maximum absolute atomic E-state index is 5.77. The molecular formula is C19H20N4O4. The van der Waals surface area contributed by atoms with Crippen LogP contribution in [-0.2, 0) is 6.54 Å². The van der Waals surface area contributed by atoms with Crippen molar-refractivity contribution in [1.82, 2.24) is 15.0 Å². The number of hydrogen-bond donors (Lipinski definition) is 1. The molecule has 1 N–H and O–H groups in total. The zero-order valence-corrected chi connectivity index (χ0v) is 15.3. The van der Waals surface area contributed by atoms with Gasteiger partial charge in [-0.15, -0.1) is 0 Å². The van der Waals surface area contributed by atoms with E-state index in [9.17, 15) is 0 Å². The molecule has 8 heteroatoms. The number of hydrogen-bond acceptors (Lipinski definition) is 8. The van der Waals surface area contributed by atoms with Crippen molar-refractivity contribution in [3.05, 3.63) is 54.2 Å². The van der Waals surface area contributed by atoms with E-state index in [4.69, 9.17) is 18.9 Å². The van der Waals surface area contributed by atoms with Crippen LogP contribution in [0.1, 0.15) is 5.56 Å². The van der Waals surface area contributed by atoms with E-state index in [-0.39, 0.29) is 6.01 Å². The summed E-state index contributed by atoms with van der Waals surface area (Å²) in [4.78, 5) is 12.6. The summed E-state index contributed by atoms with van der Waals surface area (Å²) in [6.07, 6.45) is 1.64. The van der Waals surface area contributed by atoms with Gasteiger partial charge in [0, 0.05) is 18.3 Å². The first kappa shape index (κ1) is 18.2. The predicted octanol–water partition coefficient (Wildman–Crippen LogP) is 3.30. The smallest absolute Gasteiger partial charge is 0.330 e.